The van der Waals surface area contributed by atoms with E-state index in [1.165, 1.54) is 4.52 Å². The van der Waals surface area contributed by atoms with Gasteiger partial charge in [0.1, 0.15) is 12.1 Å². The number of aliphatic hydroxyl groups excluding tert-OH is 2. The number of aliphatic hydroxyl groups is 2. The van der Waals surface area contributed by atoms with E-state index in [0.717, 1.165) is 5.39 Å². The molecule has 0 aliphatic rings. The number of nitrogens with one attached hydrogen (secondary N) is 2. The summed E-state index contributed by atoms with van der Waals surface area (Å²) in [5.41, 5.74) is 0.654. The number of aliphatic carboxylic acids is 1. The fourth-order valence-electron chi connectivity index (χ4n) is 2.75. The van der Waals surface area contributed by atoms with Gasteiger partial charge in [-0.05, 0) is 17.7 Å². The predicted octanol–water partition coefficient (Wildman–Crippen LogP) is -0.420. The number of carboxylic acid groups (broad SMARTS) is 1. The highest BCUT2D eigenvalue weighted by Gasteiger charge is 2.21. The van der Waals surface area contributed by atoms with Crippen LogP contribution in [0.2, 0.25) is 0 Å². The number of carbonyl (C=O) groups is 2. The topological polar surface area (TPSA) is 144 Å². The van der Waals surface area contributed by atoms with E-state index in [9.17, 15) is 24.6 Å². The average Bonchev–Trinajstić information content (AvgIpc) is 2.95. The van der Waals surface area contributed by atoms with Gasteiger partial charge in [0.2, 0.25) is 0 Å². The third-order valence-electron chi connectivity index (χ3n) is 3.89. The van der Waals surface area contributed by atoms with Gasteiger partial charge in [-0.2, -0.15) is 0 Å². The molecule has 9 heteroatoms. The minimum absolute atomic E-state index is 0.0911. The normalized spacial score (nSPS) is 11.1. The van der Waals surface area contributed by atoms with Gasteiger partial charge in [-0.25, -0.2) is 0 Å². The first kappa shape index (κ1) is 16.7. The minimum atomic E-state index is -1.25. The Morgan fingerprint density at radius 2 is 1.88 bits per heavy atom. The smallest absolute Gasteiger partial charge is 0.322 e. The third-order valence-corrected chi connectivity index (χ3v) is 3.89. The summed E-state index contributed by atoms with van der Waals surface area (Å²) >= 11 is 0. The van der Waals surface area contributed by atoms with Crippen LogP contribution in [0.3, 0.4) is 0 Å². The average molecular weight is 345 g/mol. The number of H-pyrrole nitrogens is 1. The summed E-state index contributed by atoms with van der Waals surface area (Å²) in [5.74, 6) is -2.13. The van der Waals surface area contributed by atoms with Gasteiger partial charge in [0.25, 0.3) is 11.5 Å². The second-order valence-electron chi connectivity index (χ2n) is 5.45. The molecule has 1 aromatic carbocycles. The molecule has 0 saturated carbocycles. The number of benzene rings is 1. The molecule has 25 heavy (non-hydrogen) atoms. The molecule has 3 aromatic rings. The summed E-state index contributed by atoms with van der Waals surface area (Å²) in [4.78, 5) is 35.1. The zero-order valence-electron chi connectivity index (χ0n) is 12.9. The molecule has 0 unspecified atom stereocenters. The fourth-order valence-corrected chi connectivity index (χ4v) is 2.75. The molecule has 0 bridgehead atoms. The zero-order valence-corrected chi connectivity index (χ0v) is 12.9. The van der Waals surface area contributed by atoms with Crippen molar-refractivity contribution in [3.05, 3.63) is 51.3 Å². The van der Waals surface area contributed by atoms with E-state index in [1.807, 2.05) is 0 Å². The Morgan fingerprint density at radius 1 is 1.12 bits per heavy atom. The molecule has 0 fully saturated rings. The number of fused-ring (bicyclic) bond motifs is 3. The van der Waals surface area contributed by atoms with Crippen molar-refractivity contribution in [3.63, 3.8) is 0 Å². The number of hydrogen-bond acceptors (Lipinski definition) is 5. The highest BCUT2D eigenvalue weighted by atomic mass is 16.4. The van der Waals surface area contributed by atoms with Crippen molar-refractivity contribution >= 4 is 28.3 Å². The molecule has 0 spiro atoms. The molecular weight excluding hydrogens is 330 g/mol. The summed E-state index contributed by atoms with van der Waals surface area (Å²) in [6.07, 6.45) is 0. The quantitative estimate of drug-likeness (QED) is 0.425. The molecule has 9 nitrogen and oxygen atoms in total. The summed E-state index contributed by atoms with van der Waals surface area (Å²) in [7, 11) is 0. The first-order valence-corrected chi connectivity index (χ1v) is 7.37. The van der Waals surface area contributed by atoms with Crippen molar-refractivity contribution in [2.45, 2.75) is 13.2 Å². The lowest BCUT2D eigenvalue weighted by Crippen LogP contribution is -2.35. The molecular formula is C16H15N3O6. The van der Waals surface area contributed by atoms with Crippen LogP contribution in [-0.2, 0) is 18.0 Å². The van der Waals surface area contributed by atoms with Crippen LogP contribution >= 0.6 is 0 Å². The lowest BCUT2D eigenvalue weighted by Gasteiger charge is -2.09. The molecule has 2 aromatic heterocycles. The van der Waals surface area contributed by atoms with Crippen LogP contribution in [0.15, 0.2) is 29.1 Å². The molecule has 0 aliphatic heterocycles. The maximum atomic E-state index is 12.4. The van der Waals surface area contributed by atoms with Crippen LogP contribution in [0.4, 0.5) is 0 Å². The van der Waals surface area contributed by atoms with Crippen LogP contribution < -0.4 is 10.9 Å². The van der Waals surface area contributed by atoms with Crippen molar-refractivity contribution in [2.24, 2.45) is 0 Å². The fraction of sp³-hybridized carbons (Fsp3) is 0.188. The molecule has 130 valence electrons. The SMILES string of the molecule is O=C(O)CNC(=O)c1c(CO)c2cc3ccc(CO)cc3n2[nH]c1=O. The van der Waals surface area contributed by atoms with E-state index in [1.54, 1.807) is 24.3 Å². The van der Waals surface area contributed by atoms with Crippen molar-refractivity contribution in [3.8, 4) is 0 Å². The maximum absolute atomic E-state index is 12.4. The van der Waals surface area contributed by atoms with Crippen LogP contribution in [0.25, 0.3) is 16.4 Å². The van der Waals surface area contributed by atoms with Crippen LogP contribution in [0.1, 0.15) is 21.5 Å². The predicted molar refractivity (Wildman–Crippen MR) is 87.3 cm³/mol. The first-order valence-electron chi connectivity index (χ1n) is 7.37. The molecule has 1 amide bonds. The van der Waals surface area contributed by atoms with E-state index in [-0.39, 0.29) is 17.7 Å². The highest BCUT2D eigenvalue weighted by Crippen LogP contribution is 2.24. The van der Waals surface area contributed by atoms with E-state index in [2.05, 4.69) is 10.4 Å². The Morgan fingerprint density at radius 3 is 2.52 bits per heavy atom. The number of aromatic nitrogens is 2. The van der Waals surface area contributed by atoms with Gasteiger partial charge in [0.05, 0.1) is 24.2 Å². The highest BCUT2D eigenvalue weighted by molar-refractivity contribution is 5.99. The maximum Gasteiger partial charge on any atom is 0.322 e. The molecule has 0 aliphatic carbocycles. The lowest BCUT2D eigenvalue weighted by atomic mass is 10.1. The summed E-state index contributed by atoms with van der Waals surface area (Å²) in [6.45, 7) is -1.39. The van der Waals surface area contributed by atoms with Crippen LogP contribution in [0.5, 0.6) is 0 Å². The second kappa shape index (κ2) is 6.38. The number of carboxylic acids is 1. The van der Waals surface area contributed by atoms with E-state index < -0.39 is 30.6 Å². The molecule has 0 saturated heterocycles. The third kappa shape index (κ3) is 2.86. The summed E-state index contributed by atoms with van der Waals surface area (Å²) < 4.78 is 1.43. The van der Waals surface area contributed by atoms with Crippen LogP contribution in [0, 0.1) is 0 Å². The van der Waals surface area contributed by atoms with Crippen molar-refractivity contribution in [2.75, 3.05) is 6.54 Å². The Bertz CT molecular complexity index is 1050. The number of amides is 1. The first-order chi connectivity index (χ1) is 12.0. The standard InChI is InChI=1S/C16H15N3O6/c20-6-8-1-2-9-4-12-10(7-21)14(15(24)17-5-13(22)23)16(25)18-19(12)11(9)3-8/h1-4,20-21H,5-7H2,(H,17,24)(H,18,25)(H,22,23). The number of aromatic amines is 1. The Hall–Kier alpha value is -3.17. The Balaban J connectivity index is 2.25. The monoisotopic (exact) mass is 345 g/mol. The van der Waals surface area contributed by atoms with Gasteiger partial charge < -0.3 is 20.6 Å². The van der Waals surface area contributed by atoms with Crippen LogP contribution in [-0.4, -0.2) is 43.4 Å². The van der Waals surface area contributed by atoms with Gasteiger partial charge in [-0.1, -0.05) is 12.1 Å². The lowest BCUT2D eigenvalue weighted by molar-refractivity contribution is -0.135. The van der Waals surface area contributed by atoms with Gasteiger partial charge in [-0.15, -0.1) is 0 Å². The largest absolute Gasteiger partial charge is 0.480 e. The van der Waals surface area contributed by atoms with E-state index >= 15 is 0 Å². The van der Waals surface area contributed by atoms with Gasteiger partial charge in [0, 0.05) is 10.9 Å². The molecule has 2 heterocycles. The van der Waals surface area contributed by atoms with Gasteiger partial charge in [0.15, 0.2) is 0 Å². The van der Waals surface area contributed by atoms with Crippen molar-refractivity contribution < 1.29 is 24.9 Å². The van der Waals surface area contributed by atoms with Crippen molar-refractivity contribution in [1.82, 2.24) is 14.9 Å². The van der Waals surface area contributed by atoms with E-state index in [4.69, 9.17) is 5.11 Å². The van der Waals surface area contributed by atoms with Gasteiger partial charge >= 0.3 is 5.97 Å². The summed E-state index contributed by atoms with van der Waals surface area (Å²) in [6, 6.07) is 6.84. The Labute approximate surface area is 140 Å². The molecule has 0 radical (unpaired) electrons. The number of nitrogens with zero attached hydrogens (tertiary/aromatic N) is 1. The van der Waals surface area contributed by atoms with Gasteiger partial charge in [-0.3, -0.25) is 24.0 Å². The number of hydrogen-bond donors (Lipinski definition) is 5. The number of rotatable bonds is 5. The zero-order chi connectivity index (χ0) is 18.1. The van der Waals surface area contributed by atoms with E-state index in [0.29, 0.717) is 16.6 Å². The molecule has 3 rings (SSSR count). The number of carbonyl (C=O) groups excluding carboxylic acids is 1. The van der Waals surface area contributed by atoms with Crippen molar-refractivity contribution in [1.29, 1.82) is 0 Å². The minimum Gasteiger partial charge on any atom is -0.480 e. The molecule has 5 N–H and O–H groups in total. The summed E-state index contributed by atoms with van der Waals surface area (Å²) in [5, 5.41) is 33.0. The molecule has 0 atom stereocenters. The Kier molecular flexibility index (Phi) is 4.26. The second-order valence-corrected chi connectivity index (χ2v) is 5.45.